The lowest BCUT2D eigenvalue weighted by Crippen LogP contribution is -1.97. The van der Waals surface area contributed by atoms with Crippen LogP contribution in [0.5, 0.6) is 11.6 Å². The lowest BCUT2D eigenvalue weighted by molar-refractivity contribution is 0.403. The van der Waals surface area contributed by atoms with Crippen LogP contribution in [0.1, 0.15) is 0 Å². The molecule has 0 bridgehead atoms. The first kappa shape index (κ1) is 15.7. The van der Waals surface area contributed by atoms with Crippen molar-refractivity contribution < 1.29 is 9.84 Å². The van der Waals surface area contributed by atoms with Gasteiger partial charge in [-0.1, -0.05) is 15.9 Å². The Bertz CT molecular complexity index is 884. The van der Waals surface area contributed by atoms with Crippen LogP contribution in [0.15, 0.2) is 43.7 Å². The highest BCUT2D eigenvalue weighted by Crippen LogP contribution is 2.35. The second kappa shape index (κ2) is 6.14. The third-order valence-electron chi connectivity index (χ3n) is 3.08. The summed E-state index contributed by atoms with van der Waals surface area (Å²) in [6.07, 6.45) is 0. The maximum absolute atomic E-state index is 9.61. The highest BCUT2D eigenvalue weighted by molar-refractivity contribution is 9.11. The molecule has 0 saturated carbocycles. The van der Waals surface area contributed by atoms with Crippen molar-refractivity contribution >= 4 is 58.7 Å². The standard InChI is InChI=1S/C15H9Br3N2O2/c1-22-15-9-5-8(16)6-11(18)13(9)19-14(20-15)7-2-3-12(21)10(17)4-7/h2-6,21H,1H3. The summed E-state index contributed by atoms with van der Waals surface area (Å²) in [6.45, 7) is 0. The van der Waals surface area contributed by atoms with E-state index in [1.165, 1.54) is 0 Å². The highest BCUT2D eigenvalue weighted by atomic mass is 79.9. The Kier molecular flexibility index (Phi) is 4.38. The van der Waals surface area contributed by atoms with Gasteiger partial charge in [0.1, 0.15) is 5.75 Å². The van der Waals surface area contributed by atoms with Gasteiger partial charge < -0.3 is 9.84 Å². The number of hydrogen-bond donors (Lipinski definition) is 1. The number of hydrogen-bond acceptors (Lipinski definition) is 4. The third-order valence-corrected chi connectivity index (χ3v) is 4.78. The molecule has 0 spiro atoms. The topological polar surface area (TPSA) is 55.2 Å². The molecule has 0 atom stereocenters. The molecule has 112 valence electrons. The molecule has 1 heterocycles. The van der Waals surface area contributed by atoms with Crippen LogP contribution >= 0.6 is 47.8 Å². The van der Waals surface area contributed by atoms with Crippen LogP contribution in [0.2, 0.25) is 0 Å². The highest BCUT2D eigenvalue weighted by Gasteiger charge is 2.14. The molecule has 0 aliphatic heterocycles. The molecular weight excluding hydrogens is 480 g/mol. The lowest BCUT2D eigenvalue weighted by Gasteiger charge is -2.10. The number of nitrogens with zero attached hydrogens (tertiary/aromatic N) is 2. The molecule has 4 nitrogen and oxygen atoms in total. The summed E-state index contributed by atoms with van der Waals surface area (Å²) >= 11 is 10.3. The average Bonchev–Trinajstić information content (AvgIpc) is 2.49. The molecular formula is C15H9Br3N2O2. The molecule has 0 radical (unpaired) electrons. The number of ether oxygens (including phenoxy) is 1. The summed E-state index contributed by atoms with van der Waals surface area (Å²) in [7, 11) is 1.58. The van der Waals surface area contributed by atoms with Gasteiger partial charge in [-0.25, -0.2) is 4.98 Å². The maximum Gasteiger partial charge on any atom is 0.224 e. The maximum atomic E-state index is 9.61. The van der Waals surface area contributed by atoms with E-state index < -0.39 is 0 Å². The average molecular weight is 489 g/mol. The van der Waals surface area contributed by atoms with Crippen molar-refractivity contribution in [1.82, 2.24) is 9.97 Å². The number of aromatic nitrogens is 2. The minimum absolute atomic E-state index is 0.168. The van der Waals surface area contributed by atoms with Gasteiger partial charge in [0.2, 0.25) is 5.88 Å². The second-order valence-corrected chi connectivity index (χ2v) is 7.13. The largest absolute Gasteiger partial charge is 0.507 e. The Balaban J connectivity index is 2.29. The van der Waals surface area contributed by atoms with Crippen molar-refractivity contribution in [2.75, 3.05) is 7.11 Å². The Morgan fingerprint density at radius 3 is 2.45 bits per heavy atom. The zero-order valence-electron chi connectivity index (χ0n) is 11.3. The summed E-state index contributed by atoms with van der Waals surface area (Å²) < 4.78 is 7.74. The quantitative estimate of drug-likeness (QED) is 0.532. The number of phenolic OH excluding ortho intramolecular Hbond substituents is 1. The fraction of sp³-hybridized carbons (Fsp3) is 0.0667. The number of rotatable bonds is 2. The summed E-state index contributed by atoms with van der Waals surface area (Å²) in [5, 5.41) is 10.4. The zero-order chi connectivity index (χ0) is 15.9. The second-order valence-electron chi connectivity index (χ2n) is 4.51. The van der Waals surface area contributed by atoms with Gasteiger partial charge in [0.15, 0.2) is 5.82 Å². The molecule has 3 rings (SSSR count). The van der Waals surface area contributed by atoms with Gasteiger partial charge in [-0.3, -0.25) is 0 Å². The first-order valence-corrected chi connectivity index (χ1v) is 8.57. The van der Waals surface area contributed by atoms with E-state index in [0.717, 1.165) is 25.4 Å². The van der Waals surface area contributed by atoms with Crippen LogP contribution in [-0.4, -0.2) is 22.2 Å². The van der Waals surface area contributed by atoms with Crippen molar-refractivity contribution in [2.24, 2.45) is 0 Å². The smallest absolute Gasteiger partial charge is 0.224 e. The first-order chi connectivity index (χ1) is 10.5. The fourth-order valence-electron chi connectivity index (χ4n) is 2.06. The van der Waals surface area contributed by atoms with Crippen LogP contribution < -0.4 is 4.74 Å². The van der Waals surface area contributed by atoms with Gasteiger partial charge in [0, 0.05) is 14.5 Å². The molecule has 3 aromatic rings. The van der Waals surface area contributed by atoms with Gasteiger partial charge in [0.25, 0.3) is 0 Å². The first-order valence-electron chi connectivity index (χ1n) is 6.19. The predicted molar refractivity (Wildman–Crippen MR) is 96.3 cm³/mol. The summed E-state index contributed by atoms with van der Waals surface area (Å²) in [5.41, 5.74) is 1.54. The fourth-order valence-corrected chi connectivity index (χ4v) is 3.75. The molecule has 7 heteroatoms. The van der Waals surface area contributed by atoms with Crippen molar-refractivity contribution in [3.8, 4) is 23.0 Å². The Hall–Kier alpha value is -1.18. The van der Waals surface area contributed by atoms with E-state index in [1.54, 1.807) is 25.3 Å². The lowest BCUT2D eigenvalue weighted by atomic mass is 10.2. The van der Waals surface area contributed by atoms with Crippen LogP contribution in [0, 0.1) is 0 Å². The molecule has 1 aromatic heterocycles. The minimum Gasteiger partial charge on any atom is -0.507 e. The number of halogens is 3. The van der Waals surface area contributed by atoms with Crippen LogP contribution in [0.25, 0.3) is 22.3 Å². The number of benzene rings is 2. The number of aromatic hydroxyl groups is 1. The van der Waals surface area contributed by atoms with Gasteiger partial charge in [-0.05, 0) is 62.2 Å². The Labute approximate surface area is 151 Å². The summed E-state index contributed by atoms with van der Waals surface area (Å²) in [4.78, 5) is 9.07. The van der Waals surface area contributed by atoms with Crippen molar-refractivity contribution in [3.05, 3.63) is 43.7 Å². The van der Waals surface area contributed by atoms with Crippen molar-refractivity contribution in [1.29, 1.82) is 0 Å². The number of fused-ring (bicyclic) bond motifs is 1. The minimum atomic E-state index is 0.168. The number of phenols is 1. The molecule has 0 fully saturated rings. The van der Waals surface area contributed by atoms with Crippen LogP contribution in [-0.2, 0) is 0 Å². The van der Waals surface area contributed by atoms with E-state index in [4.69, 9.17) is 4.74 Å². The van der Waals surface area contributed by atoms with Gasteiger partial charge in [-0.15, -0.1) is 0 Å². The van der Waals surface area contributed by atoms with Gasteiger partial charge >= 0.3 is 0 Å². The molecule has 0 aliphatic carbocycles. The van der Waals surface area contributed by atoms with E-state index in [2.05, 4.69) is 57.8 Å². The third kappa shape index (κ3) is 2.85. The van der Waals surface area contributed by atoms with E-state index in [9.17, 15) is 5.11 Å². The van der Waals surface area contributed by atoms with Crippen molar-refractivity contribution in [3.63, 3.8) is 0 Å². The molecule has 1 N–H and O–H groups in total. The summed E-state index contributed by atoms with van der Waals surface area (Å²) in [5.74, 6) is 1.18. The molecule has 2 aromatic carbocycles. The van der Waals surface area contributed by atoms with Crippen LogP contribution in [0.4, 0.5) is 0 Å². The van der Waals surface area contributed by atoms with Gasteiger partial charge in [0.05, 0.1) is 22.5 Å². The van der Waals surface area contributed by atoms with E-state index in [0.29, 0.717) is 16.2 Å². The van der Waals surface area contributed by atoms with E-state index in [-0.39, 0.29) is 5.75 Å². The predicted octanol–water partition coefficient (Wildman–Crippen LogP) is 5.30. The van der Waals surface area contributed by atoms with E-state index in [1.807, 2.05) is 12.1 Å². The molecule has 0 unspecified atom stereocenters. The SMILES string of the molecule is COc1nc(-c2ccc(O)c(Br)c2)nc2c(Br)cc(Br)cc12. The van der Waals surface area contributed by atoms with Gasteiger partial charge in [-0.2, -0.15) is 4.98 Å². The Morgan fingerprint density at radius 2 is 1.77 bits per heavy atom. The van der Waals surface area contributed by atoms with E-state index >= 15 is 0 Å². The zero-order valence-corrected chi connectivity index (χ0v) is 16.0. The number of methoxy groups -OCH3 is 1. The molecule has 0 saturated heterocycles. The van der Waals surface area contributed by atoms with Crippen LogP contribution in [0.3, 0.4) is 0 Å². The molecule has 22 heavy (non-hydrogen) atoms. The molecule has 0 amide bonds. The normalized spacial score (nSPS) is 10.9. The summed E-state index contributed by atoms with van der Waals surface area (Å²) in [6, 6.07) is 8.95. The monoisotopic (exact) mass is 486 g/mol. The molecule has 0 aliphatic rings. The Morgan fingerprint density at radius 1 is 1.00 bits per heavy atom. The van der Waals surface area contributed by atoms with Crippen molar-refractivity contribution in [2.45, 2.75) is 0 Å².